The summed E-state index contributed by atoms with van der Waals surface area (Å²) in [4.78, 5) is 30.0. The topological polar surface area (TPSA) is 71.1 Å². The number of hydrogen-bond donors (Lipinski definition) is 2. The van der Waals surface area contributed by atoms with Crippen LogP contribution in [0.5, 0.6) is 0 Å². The van der Waals surface area contributed by atoms with E-state index in [1.165, 1.54) is 23.1 Å². The number of thiazole rings is 1. The number of carbonyl (C=O) groups is 2. The molecule has 2 amide bonds. The summed E-state index contributed by atoms with van der Waals surface area (Å²) in [5.74, 6) is 0.0966. The van der Waals surface area contributed by atoms with Crippen molar-refractivity contribution in [2.24, 2.45) is 5.92 Å². The van der Waals surface area contributed by atoms with Crippen LogP contribution < -0.4 is 10.6 Å². The van der Waals surface area contributed by atoms with Crippen LogP contribution in [0, 0.1) is 5.92 Å². The van der Waals surface area contributed by atoms with E-state index in [-0.39, 0.29) is 17.7 Å². The standard InChI is InChI=1S/C21H19N3O2S2/c25-19(15-9-10-15)23-16-7-4-8-17(13-16)28-18(14-5-2-1-3-6-14)20(26)24-21-22-11-12-27-21/h1-8,11-13,15,18H,9-10H2,(H,23,25)(H,22,24,26). The number of anilines is 2. The fraction of sp³-hybridized carbons (Fsp3) is 0.190. The molecule has 0 saturated heterocycles. The van der Waals surface area contributed by atoms with Crippen molar-refractivity contribution in [3.8, 4) is 0 Å². The first-order valence-electron chi connectivity index (χ1n) is 9.02. The van der Waals surface area contributed by atoms with Gasteiger partial charge in [0.1, 0.15) is 5.25 Å². The van der Waals surface area contributed by atoms with Gasteiger partial charge in [-0.1, -0.05) is 36.4 Å². The lowest BCUT2D eigenvalue weighted by atomic mass is 10.1. The molecule has 1 unspecified atom stereocenters. The Hall–Kier alpha value is -2.64. The van der Waals surface area contributed by atoms with Crippen LogP contribution in [0.3, 0.4) is 0 Å². The Morgan fingerprint density at radius 3 is 2.61 bits per heavy atom. The van der Waals surface area contributed by atoms with Crippen molar-refractivity contribution in [3.63, 3.8) is 0 Å². The van der Waals surface area contributed by atoms with E-state index in [1.54, 1.807) is 6.20 Å². The first-order valence-corrected chi connectivity index (χ1v) is 10.8. The molecule has 1 aliphatic carbocycles. The zero-order valence-corrected chi connectivity index (χ0v) is 16.6. The molecular weight excluding hydrogens is 390 g/mol. The number of thioether (sulfide) groups is 1. The second kappa shape index (κ2) is 8.58. The first-order chi connectivity index (χ1) is 13.7. The monoisotopic (exact) mass is 409 g/mol. The minimum absolute atomic E-state index is 0.0725. The highest BCUT2D eigenvalue weighted by Crippen LogP contribution is 2.37. The number of carbonyl (C=O) groups excluding carboxylic acids is 2. The van der Waals surface area contributed by atoms with Crippen LogP contribution in [0.1, 0.15) is 23.7 Å². The Morgan fingerprint density at radius 1 is 1.07 bits per heavy atom. The predicted molar refractivity (Wildman–Crippen MR) is 114 cm³/mol. The SMILES string of the molecule is O=C(Nc1cccc(SC(C(=O)Nc2nccs2)c2ccccc2)c1)C1CC1. The van der Waals surface area contributed by atoms with Crippen LogP contribution >= 0.6 is 23.1 Å². The van der Waals surface area contributed by atoms with Gasteiger partial charge >= 0.3 is 0 Å². The van der Waals surface area contributed by atoms with E-state index >= 15 is 0 Å². The highest BCUT2D eigenvalue weighted by Gasteiger charge is 2.29. The summed E-state index contributed by atoms with van der Waals surface area (Å²) in [5.41, 5.74) is 1.67. The number of hydrogen-bond acceptors (Lipinski definition) is 5. The molecule has 1 aromatic heterocycles. The van der Waals surface area contributed by atoms with Gasteiger partial charge in [0, 0.05) is 28.1 Å². The molecule has 0 bridgehead atoms. The zero-order chi connectivity index (χ0) is 19.3. The van der Waals surface area contributed by atoms with Crippen LogP contribution in [-0.4, -0.2) is 16.8 Å². The van der Waals surface area contributed by atoms with Gasteiger partial charge in [-0.15, -0.1) is 23.1 Å². The van der Waals surface area contributed by atoms with Crippen molar-refractivity contribution in [2.45, 2.75) is 23.0 Å². The highest BCUT2D eigenvalue weighted by atomic mass is 32.2. The number of nitrogens with one attached hydrogen (secondary N) is 2. The van der Waals surface area contributed by atoms with Gasteiger partial charge in [0.15, 0.2) is 5.13 Å². The fourth-order valence-electron chi connectivity index (χ4n) is 2.73. The molecule has 2 N–H and O–H groups in total. The molecule has 4 rings (SSSR count). The van der Waals surface area contributed by atoms with Gasteiger partial charge in [-0.2, -0.15) is 0 Å². The molecule has 142 valence electrons. The van der Waals surface area contributed by atoms with Gasteiger partial charge in [0.05, 0.1) is 0 Å². The third-order valence-corrected chi connectivity index (χ3v) is 6.24. The molecule has 1 atom stereocenters. The molecule has 0 radical (unpaired) electrons. The summed E-state index contributed by atoms with van der Waals surface area (Å²) < 4.78 is 0. The van der Waals surface area contributed by atoms with Crippen molar-refractivity contribution in [3.05, 3.63) is 71.7 Å². The van der Waals surface area contributed by atoms with Gasteiger partial charge in [0.25, 0.3) is 0 Å². The minimum atomic E-state index is -0.431. The maximum atomic E-state index is 12.9. The van der Waals surface area contributed by atoms with E-state index < -0.39 is 5.25 Å². The van der Waals surface area contributed by atoms with Crippen LogP contribution in [0.15, 0.2) is 71.1 Å². The highest BCUT2D eigenvalue weighted by molar-refractivity contribution is 8.00. The molecule has 7 heteroatoms. The Labute approximate surface area is 171 Å². The quantitative estimate of drug-likeness (QED) is 0.541. The van der Waals surface area contributed by atoms with Crippen molar-refractivity contribution < 1.29 is 9.59 Å². The molecule has 0 aliphatic heterocycles. The third-order valence-electron chi connectivity index (χ3n) is 4.31. The van der Waals surface area contributed by atoms with Crippen molar-refractivity contribution in [1.82, 2.24) is 4.98 Å². The predicted octanol–water partition coefficient (Wildman–Crippen LogP) is 4.96. The summed E-state index contributed by atoms with van der Waals surface area (Å²) in [7, 11) is 0. The van der Waals surface area contributed by atoms with E-state index in [0.29, 0.717) is 5.13 Å². The van der Waals surface area contributed by atoms with Crippen molar-refractivity contribution in [2.75, 3.05) is 10.6 Å². The summed E-state index contributed by atoms with van der Waals surface area (Å²) in [6.07, 6.45) is 3.59. The van der Waals surface area contributed by atoms with E-state index in [9.17, 15) is 9.59 Å². The molecule has 1 saturated carbocycles. The second-order valence-corrected chi connectivity index (χ2v) is 8.60. The summed E-state index contributed by atoms with van der Waals surface area (Å²) in [6, 6.07) is 17.3. The average molecular weight is 410 g/mol. The van der Waals surface area contributed by atoms with Gasteiger partial charge < -0.3 is 10.6 Å². The summed E-state index contributed by atoms with van der Waals surface area (Å²) in [5, 5.41) is 7.83. The van der Waals surface area contributed by atoms with E-state index in [0.717, 1.165) is 29.0 Å². The normalized spacial score (nSPS) is 14.3. The summed E-state index contributed by atoms with van der Waals surface area (Å²) >= 11 is 2.84. The molecular formula is C21H19N3O2S2. The zero-order valence-electron chi connectivity index (χ0n) is 15.0. The van der Waals surface area contributed by atoms with Gasteiger partial charge in [-0.05, 0) is 36.6 Å². The van der Waals surface area contributed by atoms with Crippen LogP contribution in [0.4, 0.5) is 10.8 Å². The van der Waals surface area contributed by atoms with E-state index in [2.05, 4.69) is 15.6 Å². The lowest BCUT2D eigenvalue weighted by Crippen LogP contribution is -2.19. The largest absolute Gasteiger partial charge is 0.326 e. The van der Waals surface area contributed by atoms with Crippen LogP contribution in [0.25, 0.3) is 0 Å². The molecule has 2 aromatic carbocycles. The number of benzene rings is 2. The lowest BCUT2D eigenvalue weighted by Gasteiger charge is -2.17. The van der Waals surface area contributed by atoms with E-state index in [4.69, 9.17) is 0 Å². The number of rotatable bonds is 7. The molecule has 28 heavy (non-hydrogen) atoms. The maximum Gasteiger partial charge on any atom is 0.244 e. The smallest absolute Gasteiger partial charge is 0.244 e. The lowest BCUT2D eigenvalue weighted by molar-refractivity contribution is -0.117. The second-order valence-electron chi connectivity index (χ2n) is 6.53. The maximum absolute atomic E-state index is 12.9. The third kappa shape index (κ3) is 4.79. The molecule has 1 fully saturated rings. The Kier molecular flexibility index (Phi) is 5.73. The molecule has 1 aliphatic rings. The van der Waals surface area contributed by atoms with Gasteiger partial charge in [-0.25, -0.2) is 4.98 Å². The van der Waals surface area contributed by atoms with E-state index in [1.807, 2.05) is 60.0 Å². The van der Waals surface area contributed by atoms with Crippen molar-refractivity contribution >= 4 is 45.7 Å². The van der Waals surface area contributed by atoms with Crippen LogP contribution in [-0.2, 0) is 9.59 Å². The van der Waals surface area contributed by atoms with Gasteiger partial charge in [0.2, 0.25) is 11.8 Å². The minimum Gasteiger partial charge on any atom is -0.326 e. The first kappa shape index (κ1) is 18.7. The molecule has 1 heterocycles. The molecule has 3 aromatic rings. The fourth-order valence-corrected chi connectivity index (χ4v) is 4.35. The number of nitrogens with zero attached hydrogens (tertiary/aromatic N) is 1. The molecule has 5 nitrogen and oxygen atoms in total. The Balaban J connectivity index is 1.53. The molecule has 0 spiro atoms. The van der Waals surface area contributed by atoms with Crippen LogP contribution in [0.2, 0.25) is 0 Å². The number of aromatic nitrogens is 1. The summed E-state index contributed by atoms with van der Waals surface area (Å²) in [6.45, 7) is 0. The van der Waals surface area contributed by atoms with Crippen molar-refractivity contribution in [1.29, 1.82) is 0 Å². The van der Waals surface area contributed by atoms with Gasteiger partial charge in [-0.3, -0.25) is 9.59 Å². The Bertz CT molecular complexity index is 957. The Morgan fingerprint density at radius 2 is 1.89 bits per heavy atom. The number of amides is 2. The average Bonchev–Trinajstić information content (AvgIpc) is 3.45.